The summed E-state index contributed by atoms with van der Waals surface area (Å²) in [6.07, 6.45) is 0. The predicted molar refractivity (Wildman–Crippen MR) is 46.9 cm³/mol. The van der Waals surface area contributed by atoms with E-state index in [0.717, 1.165) is 12.1 Å². The van der Waals surface area contributed by atoms with Gasteiger partial charge >= 0.3 is 0 Å². The molecule has 0 saturated carbocycles. The summed E-state index contributed by atoms with van der Waals surface area (Å²) >= 11 is 0. The van der Waals surface area contributed by atoms with Crippen molar-refractivity contribution in [1.82, 2.24) is 5.32 Å². The SMILES string of the molecule is Cc1cccc(C2CNC2=O)c1. The first-order chi connectivity index (χ1) is 5.77. The number of carbonyl (C=O) groups is 1. The Morgan fingerprint density at radius 2 is 2.33 bits per heavy atom. The minimum Gasteiger partial charge on any atom is -0.354 e. The molecule has 1 atom stereocenters. The number of benzene rings is 1. The van der Waals surface area contributed by atoms with Crippen molar-refractivity contribution in [2.24, 2.45) is 0 Å². The standard InChI is InChI=1S/C10H11NO/c1-7-3-2-4-8(5-7)9-6-11-10(9)12/h2-5,9H,6H2,1H3,(H,11,12). The predicted octanol–water partition coefficient (Wildman–Crippen LogP) is 1.21. The first-order valence-electron chi connectivity index (χ1n) is 4.11. The van der Waals surface area contributed by atoms with Crippen molar-refractivity contribution in [3.63, 3.8) is 0 Å². The Kier molecular flexibility index (Phi) is 1.61. The normalized spacial score (nSPS) is 21.4. The van der Waals surface area contributed by atoms with Gasteiger partial charge in [0.1, 0.15) is 0 Å². The van der Waals surface area contributed by atoms with Gasteiger partial charge in [-0.2, -0.15) is 0 Å². The molecule has 1 aliphatic rings. The van der Waals surface area contributed by atoms with Crippen LogP contribution in [0.15, 0.2) is 24.3 Å². The van der Waals surface area contributed by atoms with Crippen LogP contribution in [0.5, 0.6) is 0 Å². The molecule has 1 heterocycles. The smallest absolute Gasteiger partial charge is 0.229 e. The Bertz CT molecular complexity index is 319. The van der Waals surface area contributed by atoms with Gasteiger partial charge in [0.05, 0.1) is 5.92 Å². The monoisotopic (exact) mass is 161 g/mol. The number of nitrogens with one attached hydrogen (secondary N) is 1. The van der Waals surface area contributed by atoms with Crippen molar-refractivity contribution >= 4 is 5.91 Å². The van der Waals surface area contributed by atoms with Crippen LogP contribution in [0.3, 0.4) is 0 Å². The summed E-state index contributed by atoms with van der Waals surface area (Å²) in [6.45, 7) is 2.84. The zero-order chi connectivity index (χ0) is 8.55. The van der Waals surface area contributed by atoms with E-state index in [-0.39, 0.29) is 11.8 Å². The van der Waals surface area contributed by atoms with Gasteiger partial charge in [-0.15, -0.1) is 0 Å². The van der Waals surface area contributed by atoms with Crippen LogP contribution in [0.1, 0.15) is 17.0 Å². The highest BCUT2D eigenvalue weighted by molar-refractivity contribution is 5.89. The zero-order valence-electron chi connectivity index (χ0n) is 7.00. The molecule has 1 fully saturated rings. The Balaban J connectivity index is 2.28. The van der Waals surface area contributed by atoms with E-state index in [4.69, 9.17) is 0 Å². The highest BCUT2D eigenvalue weighted by Crippen LogP contribution is 2.21. The molecule has 1 aliphatic heterocycles. The molecule has 2 heteroatoms. The van der Waals surface area contributed by atoms with Gasteiger partial charge in [0.2, 0.25) is 5.91 Å². The van der Waals surface area contributed by atoms with Crippen molar-refractivity contribution in [3.05, 3.63) is 35.4 Å². The lowest BCUT2D eigenvalue weighted by Gasteiger charge is -2.26. The lowest BCUT2D eigenvalue weighted by atomic mass is 9.92. The molecule has 1 aromatic rings. The summed E-state index contributed by atoms with van der Waals surface area (Å²) < 4.78 is 0. The molecule has 0 aromatic heterocycles. The fourth-order valence-corrected chi connectivity index (χ4v) is 1.44. The summed E-state index contributed by atoms with van der Waals surface area (Å²) in [5.41, 5.74) is 2.35. The molecule has 1 N–H and O–H groups in total. The van der Waals surface area contributed by atoms with E-state index in [1.165, 1.54) is 5.56 Å². The first-order valence-corrected chi connectivity index (χ1v) is 4.11. The molecule has 1 unspecified atom stereocenters. The maximum Gasteiger partial charge on any atom is 0.229 e. The van der Waals surface area contributed by atoms with Gasteiger partial charge in [-0.1, -0.05) is 29.8 Å². The molecule has 0 spiro atoms. The molecular weight excluding hydrogens is 150 g/mol. The van der Waals surface area contributed by atoms with Gasteiger partial charge in [-0.3, -0.25) is 4.79 Å². The van der Waals surface area contributed by atoms with Gasteiger partial charge in [0.15, 0.2) is 0 Å². The Morgan fingerprint density at radius 1 is 1.50 bits per heavy atom. The van der Waals surface area contributed by atoms with Crippen LogP contribution in [0, 0.1) is 6.92 Å². The van der Waals surface area contributed by atoms with Crippen molar-refractivity contribution in [2.45, 2.75) is 12.8 Å². The number of rotatable bonds is 1. The Hall–Kier alpha value is -1.31. The number of hydrogen-bond acceptors (Lipinski definition) is 1. The highest BCUT2D eigenvalue weighted by Gasteiger charge is 2.28. The third-order valence-corrected chi connectivity index (χ3v) is 2.24. The van der Waals surface area contributed by atoms with Crippen molar-refractivity contribution in [3.8, 4) is 0 Å². The fourth-order valence-electron chi connectivity index (χ4n) is 1.44. The van der Waals surface area contributed by atoms with Crippen LogP contribution in [0.2, 0.25) is 0 Å². The second kappa shape index (κ2) is 2.63. The van der Waals surface area contributed by atoms with Gasteiger partial charge in [-0.05, 0) is 12.5 Å². The molecule has 62 valence electrons. The number of hydrogen-bond donors (Lipinski definition) is 1. The van der Waals surface area contributed by atoms with E-state index in [1.54, 1.807) is 0 Å². The quantitative estimate of drug-likeness (QED) is 0.616. The maximum atomic E-state index is 11.0. The zero-order valence-corrected chi connectivity index (χ0v) is 7.00. The lowest BCUT2D eigenvalue weighted by Crippen LogP contribution is -2.46. The van der Waals surface area contributed by atoms with Crippen molar-refractivity contribution < 1.29 is 4.79 Å². The van der Waals surface area contributed by atoms with E-state index in [9.17, 15) is 4.79 Å². The second-order valence-electron chi connectivity index (χ2n) is 3.21. The Morgan fingerprint density at radius 3 is 2.83 bits per heavy atom. The third-order valence-electron chi connectivity index (χ3n) is 2.24. The Labute approximate surface area is 71.6 Å². The summed E-state index contributed by atoms with van der Waals surface area (Å²) in [5.74, 6) is 0.255. The number of amides is 1. The lowest BCUT2D eigenvalue weighted by molar-refractivity contribution is -0.127. The molecule has 1 aromatic carbocycles. The van der Waals surface area contributed by atoms with Crippen molar-refractivity contribution in [2.75, 3.05) is 6.54 Å². The van der Waals surface area contributed by atoms with Crippen LogP contribution in [0.25, 0.3) is 0 Å². The molecule has 0 bridgehead atoms. The summed E-state index contributed by atoms with van der Waals surface area (Å²) in [7, 11) is 0. The minimum atomic E-state index is 0.102. The van der Waals surface area contributed by atoms with Crippen LogP contribution >= 0.6 is 0 Å². The van der Waals surface area contributed by atoms with Crippen LogP contribution in [-0.4, -0.2) is 12.5 Å². The average molecular weight is 161 g/mol. The highest BCUT2D eigenvalue weighted by atomic mass is 16.2. The van der Waals surface area contributed by atoms with Gasteiger partial charge < -0.3 is 5.32 Å². The molecule has 0 radical (unpaired) electrons. The first kappa shape index (κ1) is 7.35. The van der Waals surface area contributed by atoms with Crippen LogP contribution < -0.4 is 5.32 Å². The van der Waals surface area contributed by atoms with Gasteiger partial charge in [-0.25, -0.2) is 0 Å². The molecule has 12 heavy (non-hydrogen) atoms. The fraction of sp³-hybridized carbons (Fsp3) is 0.300. The van der Waals surface area contributed by atoms with E-state index in [0.29, 0.717) is 0 Å². The number of aryl methyl sites for hydroxylation is 1. The van der Waals surface area contributed by atoms with E-state index in [1.807, 2.05) is 25.1 Å². The van der Waals surface area contributed by atoms with Gasteiger partial charge in [0, 0.05) is 6.54 Å². The summed E-state index contributed by atoms with van der Waals surface area (Å²) in [5, 5.41) is 2.74. The molecule has 2 nitrogen and oxygen atoms in total. The molecular formula is C10H11NO. The molecule has 2 rings (SSSR count). The number of β-lactam (4-membered cyclic amide) rings is 1. The molecule has 1 amide bonds. The topological polar surface area (TPSA) is 29.1 Å². The average Bonchev–Trinajstić information content (AvgIpc) is 2.02. The largest absolute Gasteiger partial charge is 0.354 e. The van der Waals surface area contributed by atoms with Crippen molar-refractivity contribution in [1.29, 1.82) is 0 Å². The number of carbonyl (C=O) groups excluding carboxylic acids is 1. The molecule has 0 aliphatic carbocycles. The summed E-state index contributed by atoms with van der Waals surface area (Å²) in [4.78, 5) is 11.0. The van der Waals surface area contributed by atoms with E-state index in [2.05, 4.69) is 11.4 Å². The van der Waals surface area contributed by atoms with Gasteiger partial charge in [0.25, 0.3) is 0 Å². The van der Waals surface area contributed by atoms with E-state index < -0.39 is 0 Å². The third kappa shape index (κ3) is 1.09. The summed E-state index contributed by atoms with van der Waals surface area (Å²) in [6, 6.07) is 8.12. The maximum absolute atomic E-state index is 11.0. The second-order valence-corrected chi connectivity index (χ2v) is 3.21. The van der Waals surface area contributed by atoms with E-state index >= 15 is 0 Å². The molecule has 1 saturated heterocycles. The van der Waals surface area contributed by atoms with Crippen LogP contribution in [0.4, 0.5) is 0 Å². The minimum absolute atomic E-state index is 0.102. The van der Waals surface area contributed by atoms with Crippen LogP contribution in [-0.2, 0) is 4.79 Å².